The molecule has 0 aliphatic heterocycles. The smallest absolute Gasteiger partial charge is 0.0230 e. The van der Waals surface area contributed by atoms with Crippen LogP contribution in [0.5, 0.6) is 0 Å². The second kappa shape index (κ2) is 7.39. The lowest BCUT2D eigenvalue weighted by atomic mass is 9.98. The largest absolute Gasteiger partial charge is 0.326 e. The quantitative estimate of drug-likeness (QED) is 0.870. The van der Waals surface area contributed by atoms with Gasteiger partial charge in [0.05, 0.1) is 0 Å². The lowest BCUT2D eigenvalue weighted by Gasteiger charge is -2.19. The van der Waals surface area contributed by atoms with E-state index in [2.05, 4.69) is 68.3 Å². The molecule has 0 unspecified atom stereocenters. The summed E-state index contributed by atoms with van der Waals surface area (Å²) < 4.78 is 0. The summed E-state index contributed by atoms with van der Waals surface area (Å²) in [5, 5.41) is 0. The normalized spacial score (nSPS) is 11.3. The van der Waals surface area contributed by atoms with Gasteiger partial charge in [0.25, 0.3) is 0 Å². The van der Waals surface area contributed by atoms with Gasteiger partial charge in [-0.2, -0.15) is 0 Å². The maximum absolute atomic E-state index is 5.82. The van der Waals surface area contributed by atoms with Gasteiger partial charge in [0, 0.05) is 19.6 Å². The molecule has 0 spiro atoms. The highest BCUT2D eigenvalue weighted by Crippen LogP contribution is 2.24. The summed E-state index contributed by atoms with van der Waals surface area (Å²) in [4.78, 5) is 2.37. The average Bonchev–Trinajstić information content (AvgIpc) is 2.47. The molecule has 2 nitrogen and oxygen atoms in total. The van der Waals surface area contributed by atoms with Crippen molar-refractivity contribution in [3.8, 4) is 11.1 Å². The van der Waals surface area contributed by atoms with Crippen LogP contribution in [0.1, 0.15) is 25.0 Å². The van der Waals surface area contributed by atoms with Crippen molar-refractivity contribution in [2.45, 2.75) is 26.9 Å². The van der Waals surface area contributed by atoms with Crippen LogP contribution >= 0.6 is 0 Å². The van der Waals surface area contributed by atoms with Crippen molar-refractivity contribution < 1.29 is 0 Å². The lowest BCUT2D eigenvalue weighted by Crippen LogP contribution is -2.22. The van der Waals surface area contributed by atoms with Gasteiger partial charge in [-0.25, -0.2) is 0 Å². The molecule has 0 radical (unpaired) electrons. The van der Waals surface area contributed by atoms with Gasteiger partial charge in [0.1, 0.15) is 0 Å². The Labute approximate surface area is 128 Å². The zero-order chi connectivity index (χ0) is 15.2. The van der Waals surface area contributed by atoms with Crippen LogP contribution in [0, 0.1) is 5.92 Å². The van der Waals surface area contributed by atoms with E-state index in [-0.39, 0.29) is 0 Å². The molecule has 112 valence electrons. The summed E-state index contributed by atoms with van der Waals surface area (Å²) in [6, 6.07) is 17.2. The van der Waals surface area contributed by atoms with Crippen LogP contribution in [0.25, 0.3) is 11.1 Å². The van der Waals surface area contributed by atoms with Crippen LogP contribution in [-0.2, 0) is 13.1 Å². The first-order valence-electron chi connectivity index (χ1n) is 7.66. The van der Waals surface area contributed by atoms with E-state index in [0.717, 1.165) is 13.1 Å². The zero-order valence-corrected chi connectivity index (χ0v) is 13.3. The lowest BCUT2D eigenvalue weighted by molar-refractivity contribution is 0.288. The van der Waals surface area contributed by atoms with E-state index in [0.29, 0.717) is 12.5 Å². The van der Waals surface area contributed by atoms with E-state index in [1.807, 2.05) is 6.07 Å². The molecule has 0 amide bonds. The molecule has 2 aromatic carbocycles. The molecule has 0 aromatic heterocycles. The van der Waals surface area contributed by atoms with Crippen molar-refractivity contribution in [2.75, 3.05) is 13.6 Å². The zero-order valence-electron chi connectivity index (χ0n) is 13.3. The number of hydrogen-bond donors (Lipinski definition) is 1. The molecule has 0 aliphatic carbocycles. The molecular weight excluding hydrogens is 256 g/mol. The minimum Gasteiger partial charge on any atom is -0.326 e. The Morgan fingerprint density at radius 2 is 1.67 bits per heavy atom. The van der Waals surface area contributed by atoms with Crippen LogP contribution in [0.2, 0.25) is 0 Å². The van der Waals surface area contributed by atoms with E-state index in [4.69, 9.17) is 5.73 Å². The van der Waals surface area contributed by atoms with Gasteiger partial charge in [-0.05, 0) is 35.2 Å². The Balaban J connectivity index is 2.12. The van der Waals surface area contributed by atoms with Gasteiger partial charge in [-0.3, -0.25) is 0 Å². The topological polar surface area (TPSA) is 29.3 Å². The van der Waals surface area contributed by atoms with Crippen molar-refractivity contribution >= 4 is 0 Å². The minimum absolute atomic E-state index is 0.578. The van der Waals surface area contributed by atoms with Crippen LogP contribution < -0.4 is 5.73 Å². The Bertz CT molecular complexity index is 558. The molecule has 0 aliphatic rings. The first kappa shape index (κ1) is 15.7. The van der Waals surface area contributed by atoms with Crippen molar-refractivity contribution in [1.29, 1.82) is 0 Å². The molecule has 2 N–H and O–H groups in total. The Kier molecular flexibility index (Phi) is 5.54. The van der Waals surface area contributed by atoms with E-state index >= 15 is 0 Å². The van der Waals surface area contributed by atoms with Crippen LogP contribution in [0.3, 0.4) is 0 Å². The monoisotopic (exact) mass is 282 g/mol. The number of rotatable bonds is 6. The van der Waals surface area contributed by atoms with Crippen molar-refractivity contribution in [1.82, 2.24) is 4.90 Å². The Morgan fingerprint density at radius 3 is 2.29 bits per heavy atom. The highest BCUT2D eigenvalue weighted by atomic mass is 15.1. The van der Waals surface area contributed by atoms with Crippen LogP contribution in [0.15, 0.2) is 48.5 Å². The van der Waals surface area contributed by atoms with Crippen molar-refractivity contribution in [3.63, 3.8) is 0 Å². The fraction of sp³-hybridized carbons (Fsp3) is 0.368. The summed E-state index contributed by atoms with van der Waals surface area (Å²) in [7, 11) is 2.18. The fourth-order valence-corrected chi connectivity index (χ4v) is 2.77. The third-order valence-electron chi connectivity index (χ3n) is 3.63. The second-order valence-electron chi connectivity index (χ2n) is 6.15. The molecule has 0 fully saturated rings. The third kappa shape index (κ3) is 4.42. The number of hydrogen-bond acceptors (Lipinski definition) is 2. The van der Waals surface area contributed by atoms with E-state index in [9.17, 15) is 0 Å². The molecule has 0 heterocycles. The molecule has 0 saturated heterocycles. The molecule has 0 atom stereocenters. The third-order valence-corrected chi connectivity index (χ3v) is 3.63. The van der Waals surface area contributed by atoms with E-state index in [1.165, 1.54) is 22.3 Å². The summed E-state index contributed by atoms with van der Waals surface area (Å²) in [5.74, 6) is 0.700. The minimum atomic E-state index is 0.578. The first-order valence-corrected chi connectivity index (χ1v) is 7.66. The number of benzene rings is 2. The summed E-state index contributed by atoms with van der Waals surface area (Å²) in [6.45, 7) is 7.20. The van der Waals surface area contributed by atoms with Gasteiger partial charge in [0.2, 0.25) is 0 Å². The summed E-state index contributed by atoms with van der Waals surface area (Å²) >= 11 is 0. The molecule has 2 rings (SSSR count). The number of nitrogens with two attached hydrogens (primary N) is 1. The van der Waals surface area contributed by atoms with Crippen molar-refractivity contribution in [2.24, 2.45) is 11.7 Å². The predicted octanol–water partition coefficient (Wildman–Crippen LogP) is 3.90. The van der Waals surface area contributed by atoms with Crippen LogP contribution in [-0.4, -0.2) is 18.5 Å². The Hall–Kier alpha value is -1.64. The Morgan fingerprint density at radius 1 is 1.00 bits per heavy atom. The summed E-state index contributed by atoms with van der Waals surface area (Å²) in [5.41, 5.74) is 10.9. The molecule has 21 heavy (non-hydrogen) atoms. The molecule has 2 heteroatoms. The summed E-state index contributed by atoms with van der Waals surface area (Å²) in [6.07, 6.45) is 0. The molecular formula is C19H26N2. The first-order chi connectivity index (χ1) is 10.1. The van der Waals surface area contributed by atoms with E-state index < -0.39 is 0 Å². The van der Waals surface area contributed by atoms with Gasteiger partial charge in [-0.1, -0.05) is 62.4 Å². The van der Waals surface area contributed by atoms with Gasteiger partial charge in [0.15, 0.2) is 0 Å². The average molecular weight is 282 g/mol. The van der Waals surface area contributed by atoms with Crippen LogP contribution in [0.4, 0.5) is 0 Å². The second-order valence-corrected chi connectivity index (χ2v) is 6.15. The highest BCUT2D eigenvalue weighted by Gasteiger charge is 2.05. The highest BCUT2D eigenvalue weighted by molar-refractivity contribution is 5.67. The maximum atomic E-state index is 5.82. The fourth-order valence-electron chi connectivity index (χ4n) is 2.77. The molecule has 0 saturated carbocycles. The molecule has 2 aromatic rings. The van der Waals surface area contributed by atoms with E-state index in [1.54, 1.807) is 0 Å². The SMILES string of the molecule is CC(C)CN(C)Cc1ccc(-c2ccccc2CN)cc1. The van der Waals surface area contributed by atoms with Gasteiger partial charge in [-0.15, -0.1) is 0 Å². The maximum Gasteiger partial charge on any atom is 0.0230 e. The number of nitrogens with zero attached hydrogens (tertiary/aromatic N) is 1. The predicted molar refractivity (Wildman–Crippen MR) is 90.9 cm³/mol. The van der Waals surface area contributed by atoms with Crippen molar-refractivity contribution in [3.05, 3.63) is 59.7 Å². The van der Waals surface area contributed by atoms with Gasteiger partial charge >= 0.3 is 0 Å². The van der Waals surface area contributed by atoms with Gasteiger partial charge < -0.3 is 10.6 Å². The molecule has 0 bridgehead atoms. The standard InChI is InChI=1S/C19H26N2/c1-15(2)13-21(3)14-16-8-10-17(11-9-16)19-7-5-4-6-18(19)12-20/h4-11,15H,12-14,20H2,1-3H3.